The number of unbranched alkanes of at least 4 members (excludes halogenated alkanes) is 2. The normalized spacial score (nSPS) is 15.6. The molecule has 0 aromatic carbocycles. The second-order valence-corrected chi connectivity index (χ2v) is 3.48. The number of hydrogen-bond acceptors (Lipinski definition) is 4. The summed E-state index contributed by atoms with van der Waals surface area (Å²) in [4.78, 5) is 22.1. The standard InChI is InChI=1S/C10H13N3O3/c11-6-2-1-3-7-13-9(14)5-4-8(12-13)10(15)16/h1-5,7H2,(H,15,16). The van der Waals surface area contributed by atoms with Crippen LogP contribution in [0.25, 0.3) is 0 Å². The van der Waals surface area contributed by atoms with Gasteiger partial charge >= 0.3 is 5.97 Å². The van der Waals surface area contributed by atoms with Crippen LogP contribution in [0.2, 0.25) is 0 Å². The van der Waals surface area contributed by atoms with Crippen LogP contribution < -0.4 is 0 Å². The van der Waals surface area contributed by atoms with Gasteiger partial charge in [0, 0.05) is 25.8 Å². The van der Waals surface area contributed by atoms with E-state index in [0.717, 1.165) is 0 Å². The molecule has 0 bridgehead atoms. The Morgan fingerprint density at radius 2 is 2.25 bits per heavy atom. The molecule has 0 saturated heterocycles. The predicted octanol–water partition coefficient (Wildman–Crippen LogP) is 0.743. The first-order valence-corrected chi connectivity index (χ1v) is 5.13. The zero-order valence-electron chi connectivity index (χ0n) is 8.85. The van der Waals surface area contributed by atoms with Crippen LogP contribution in [0.4, 0.5) is 0 Å². The summed E-state index contributed by atoms with van der Waals surface area (Å²) in [5.41, 5.74) is 0.0277. The molecule has 0 atom stereocenters. The van der Waals surface area contributed by atoms with E-state index in [1.165, 1.54) is 5.01 Å². The summed E-state index contributed by atoms with van der Waals surface area (Å²) in [6.45, 7) is 0.386. The molecule has 0 unspecified atom stereocenters. The van der Waals surface area contributed by atoms with E-state index < -0.39 is 5.97 Å². The number of carboxylic acid groups (broad SMARTS) is 1. The van der Waals surface area contributed by atoms with Crippen molar-refractivity contribution in [3.05, 3.63) is 0 Å². The fourth-order valence-electron chi connectivity index (χ4n) is 1.40. The number of amides is 1. The number of nitriles is 1. The summed E-state index contributed by atoms with van der Waals surface area (Å²) in [7, 11) is 0. The first-order valence-electron chi connectivity index (χ1n) is 5.13. The molecule has 86 valence electrons. The largest absolute Gasteiger partial charge is 0.477 e. The van der Waals surface area contributed by atoms with Crippen LogP contribution in [-0.4, -0.2) is 34.2 Å². The molecule has 1 amide bonds. The third-order valence-electron chi connectivity index (χ3n) is 2.26. The summed E-state index contributed by atoms with van der Waals surface area (Å²) in [5, 5.41) is 22.1. The first-order chi connectivity index (χ1) is 7.65. The highest BCUT2D eigenvalue weighted by atomic mass is 16.4. The Balaban J connectivity index is 2.50. The van der Waals surface area contributed by atoms with Gasteiger partial charge in [-0.1, -0.05) is 0 Å². The van der Waals surface area contributed by atoms with Gasteiger partial charge in [-0.25, -0.2) is 9.80 Å². The van der Waals surface area contributed by atoms with Crippen LogP contribution in [0.15, 0.2) is 5.10 Å². The van der Waals surface area contributed by atoms with E-state index in [1.807, 2.05) is 6.07 Å². The molecule has 0 aromatic heterocycles. The van der Waals surface area contributed by atoms with Gasteiger partial charge in [-0.3, -0.25) is 4.79 Å². The number of carboxylic acids is 1. The lowest BCUT2D eigenvalue weighted by molar-refractivity contribution is -0.132. The summed E-state index contributed by atoms with van der Waals surface area (Å²) in [6, 6.07) is 2.01. The molecule has 0 spiro atoms. The average molecular weight is 223 g/mol. The van der Waals surface area contributed by atoms with E-state index in [2.05, 4.69) is 5.10 Å². The lowest BCUT2D eigenvalue weighted by Crippen LogP contribution is -2.34. The van der Waals surface area contributed by atoms with E-state index in [1.54, 1.807) is 0 Å². The van der Waals surface area contributed by atoms with Gasteiger partial charge in [0.15, 0.2) is 0 Å². The first kappa shape index (κ1) is 12.2. The Labute approximate surface area is 93.2 Å². The zero-order chi connectivity index (χ0) is 12.0. The van der Waals surface area contributed by atoms with Crippen LogP contribution in [0.3, 0.4) is 0 Å². The topological polar surface area (TPSA) is 93.8 Å². The second-order valence-electron chi connectivity index (χ2n) is 3.48. The minimum Gasteiger partial charge on any atom is -0.477 e. The molecule has 0 radical (unpaired) electrons. The number of hydrazone groups is 1. The Morgan fingerprint density at radius 1 is 1.50 bits per heavy atom. The van der Waals surface area contributed by atoms with E-state index in [-0.39, 0.29) is 24.5 Å². The van der Waals surface area contributed by atoms with Gasteiger partial charge < -0.3 is 5.11 Å². The highest BCUT2D eigenvalue weighted by Gasteiger charge is 2.23. The monoisotopic (exact) mass is 223 g/mol. The number of carbonyl (C=O) groups excluding carboxylic acids is 1. The Morgan fingerprint density at radius 3 is 2.88 bits per heavy atom. The lowest BCUT2D eigenvalue weighted by atomic mass is 10.1. The Kier molecular flexibility index (Phi) is 4.45. The molecular formula is C10H13N3O3. The molecule has 0 saturated carbocycles. The maximum Gasteiger partial charge on any atom is 0.352 e. The van der Waals surface area contributed by atoms with Crippen molar-refractivity contribution >= 4 is 17.6 Å². The molecule has 1 rings (SSSR count). The fourth-order valence-corrected chi connectivity index (χ4v) is 1.40. The summed E-state index contributed by atoms with van der Waals surface area (Å²) < 4.78 is 0. The minimum absolute atomic E-state index is 0.0277. The molecule has 16 heavy (non-hydrogen) atoms. The van der Waals surface area contributed by atoms with Crippen LogP contribution >= 0.6 is 0 Å². The SMILES string of the molecule is N#CCCCCN1N=C(C(=O)O)CCC1=O. The van der Waals surface area contributed by atoms with Crippen LogP contribution in [0.5, 0.6) is 0 Å². The van der Waals surface area contributed by atoms with Crippen molar-refractivity contribution in [3.63, 3.8) is 0 Å². The number of rotatable bonds is 5. The van der Waals surface area contributed by atoms with Gasteiger partial charge in [-0.2, -0.15) is 10.4 Å². The van der Waals surface area contributed by atoms with Crippen molar-refractivity contribution in [2.75, 3.05) is 6.54 Å². The van der Waals surface area contributed by atoms with Gasteiger partial charge in [-0.05, 0) is 12.8 Å². The number of carbonyl (C=O) groups is 2. The molecule has 0 fully saturated rings. The molecule has 6 heteroatoms. The number of nitrogens with zero attached hydrogens (tertiary/aromatic N) is 3. The minimum atomic E-state index is -1.07. The van der Waals surface area contributed by atoms with Crippen molar-refractivity contribution in [1.29, 1.82) is 5.26 Å². The maximum absolute atomic E-state index is 11.4. The van der Waals surface area contributed by atoms with Crippen molar-refractivity contribution in [1.82, 2.24) is 5.01 Å². The van der Waals surface area contributed by atoms with Crippen molar-refractivity contribution in [3.8, 4) is 6.07 Å². The predicted molar refractivity (Wildman–Crippen MR) is 55.5 cm³/mol. The van der Waals surface area contributed by atoms with Gasteiger partial charge in [0.05, 0.1) is 6.07 Å². The lowest BCUT2D eigenvalue weighted by Gasteiger charge is -2.21. The second kappa shape index (κ2) is 5.85. The van der Waals surface area contributed by atoms with E-state index in [9.17, 15) is 9.59 Å². The van der Waals surface area contributed by atoms with Crippen molar-refractivity contribution in [2.24, 2.45) is 5.10 Å². The quantitative estimate of drug-likeness (QED) is 0.695. The van der Waals surface area contributed by atoms with E-state index in [0.29, 0.717) is 25.8 Å². The molecule has 1 aliphatic heterocycles. The van der Waals surface area contributed by atoms with Crippen LogP contribution in [-0.2, 0) is 9.59 Å². The van der Waals surface area contributed by atoms with Gasteiger partial charge in [-0.15, -0.1) is 0 Å². The molecule has 1 heterocycles. The van der Waals surface area contributed by atoms with Crippen LogP contribution in [0, 0.1) is 11.3 Å². The zero-order valence-corrected chi connectivity index (χ0v) is 8.85. The molecule has 0 aliphatic carbocycles. The Bertz CT molecular complexity index is 357. The van der Waals surface area contributed by atoms with Gasteiger partial charge in [0.1, 0.15) is 5.71 Å². The van der Waals surface area contributed by atoms with Crippen molar-refractivity contribution in [2.45, 2.75) is 32.1 Å². The fraction of sp³-hybridized carbons (Fsp3) is 0.600. The molecule has 1 N–H and O–H groups in total. The average Bonchev–Trinajstić information content (AvgIpc) is 2.26. The van der Waals surface area contributed by atoms with Gasteiger partial charge in [0.2, 0.25) is 5.91 Å². The van der Waals surface area contributed by atoms with Crippen molar-refractivity contribution < 1.29 is 14.7 Å². The highest BCUT2D eigenvalue weighted by molar-refractivity contribution is 6.36. The third-order valence-corrected chi connectivity index (χ3v) is 2.26. The van der Waals surface area contributed by atoms with Crippen LogP contribution in [0.1, 0.15) is 32.1 Å². The molecular weight excluding hydrogens is 210 g/mol. The maximum atomic E-state index is 11.4. The van der Waals surface area contributed by atoms with E-state index >= 15 is 0 Å². The molecule has 6 nitrogen and oxygen atoms in total. The summed E-state index contributed by atoms with van der Waals surface area (Å²) in [6.07, 6.45) is 2.19. The molecule has 1 aliphatic rings. The Hall–Kier alpha value is -1.90. The molecule has 0 aromatic rings. The van der Waals surface area contributed by atoms with E-state index in [4.69, 9.17) is 10.4 Å². The van der Waals surface area contributed by atoms with Gasteiger partial charge in [0.25, 0.3) is 0 Å². The third kappa shape index (κ3) is 3.35. The number of hydrogen-bond donors (Lipinski definition) is 1. The summed E-state index contributed by atoms with van der Waals surface area (Å²) >= 11 is 0. The summed E-state index contributed by atoms with van der Waals surface area (Å²) in [5.74, 6) is -1.23. The number of aliphatic carboxylic acids is 1. The smallest absolute Gasteiger partial charge is 0.352 e. The highest BCUT2D eigenvalue weighted by Crippen LogP contribution is 2.10.